The fourth-order valence-electron chi connectivity index (χ4n) is 2.53. The second-order valence-corrected chi connectivity index (χ2v) is 4.84. The van der Waals surface area contributed by atoms with Crippen LogP contribution in [-0.2, 0) is 0 Å². The van der Waals surface area contributed by atoms with Crippen molar-refractivity contribution in [2.45, 2.75) is 44.1 Å². The average molecular weight is 247 g/mol. The molecule has 2 unspecified atom stereocenters. The van der Waals surface area contributed by atoms with E-state index in [-0.39, 0.29) is 12.0 Å². The molecular weight excluding hydrogens is 230 g/mol. The van der Waals surface area contributed by atoms with Gasteiger partial charge in [-0.05, 0) is 25.0 Å². The molecule has 0 radical (unpaired) electrons. The molecule has 2 aromatic heterocycles. The third-order valence-electron chi connectivity index (χ3n) is 3.57. The van der Waals surface area contributed by atoms with E-state index in [1.54, 1.807) is 6.26 Å². The van der Waals surface area contributed by atoms with Gasteiger partial charge in [0.25, 0.3) is 0 Å². The molecule has 0 aromatic carbocycles. The molecule has 3 rings (SSSR count). The molecule has 5 nitrogen and oxygen atoms in total. The lowest BCUT2D eigenvalue weighted by Gasteiger charge is -2.16. The van der Waals surface area contributed by atoms with Crippen molar-refractivity contribution >= 4 is 0 Å². The lowest BCUT2D eigenvalue weighted by atomic mass is 9.95. The molecule has 2 N–H and O–H groups in total. The van der Waals surface area contributed by atoms with E-state index in [1.165, 1.54) is 19.3 Å². The van der Waals surface area contributed by atoms with Gasteiger partial charge in [0, 0.05) is 6.04 Å². The van der Waals surface area contributed by atoms with Crippen LogP contribution < -0.4 is 5.73 Å². The van der Waals surface area contributed by atoms with Crippen molar-refractivity contribution in [3.63, 3.8) is 0 Å². The van der Waals surface area contributed by atoms with Crippen LogP contribution in [0.3, 0.4) is 0 Å². The lowest BCUT2D eigenvalue weighted by Crippen LogP contribution is -2.27. The van der Waals surface area contributed by atoms with E-state index in [1.807, 2.05) is 12.1 Å². The van der Waals surface area contributed by atoms with Crippen molar-refractivity contribution in [2.75, 3.05) is 0 Å². The van der Waals surface area contributed by atoms with Gasteiger partial charge >= 0.3 is 0 Å². The summed E-state index contributed by atoms with van der Waals surface area (Å²) in [6.45, 7) is 0. The van der Waals surface area contributed by atoms with E-state index >= 15 is 0 Å². The average Bonchev–Trinajstić information content (AvgIpc) is 3.00. The Morgan fingerprint density at radius 1 is 1.22 bits per heavy atom. The molecular formula is C13H17N3O2. The number of aromatic nitrogens is 2. The fraction of sp³-hybridized carbons (Fsp3) is 0.538. The number of nitrogens with two attached hydrogens (primary N) is 1. The molecule has 1 aliphatic rings. The SMILES string of the molecule is NC1CCCCCC1c1nc(-c2ccco2)no1. The molecule has 0 aliphatic heterocycles. The first-order valence-electron chi connectivity index (χ1n) is 6.47. The van der Waals surface area contributed by atoms with Gasteiger partial charge in [-0.2, -0.15) is 4.98 Å². The van der Waals surface area contributed by atoms with Crippen LogP contribution in [0.5, 0.6) is 0 Å². The van der Waals surface area contributed by atoms with Gasteiger partial charge in [-0.3, -0.25) is 0 Å². The Hall–Kier alpha value is -1.62. The Balaban J connectivity index is 1.83. The van der Waals surface area contributed by atoms with Gasteiger partial charge in [-0.1, -0.05) is 24.4 Å². The second kappa shape index (κ2) is 4.94. The summed E-state index contributed by atoms with van der Waals surface area (Å²) in [4.78, 5) is 4.42. The monoisotopic (exact) mass is 247 g/mol. The van der Waals surface area contributed by atoms with E-state index in [0.29, 0.717) is 17.5 Å². The Bertz CT molecular complexity index is 492. The zero-order valence-electron chi connectivity index (χ0n) is 10.2. The van der Waals surface area contributed by atoms with Gasteiger partial charge in [0.15, 0.2) is 5.76 Å². The van der Waals surface area contributed by atoms with Crippen LogP contribution >= 0.6 is 0 Å². The van der Waals surface area contributed by atoms with Crippen molar-refractivity contribution in [2.24, 2.45) is 5.73 Å². The van der Waals surface area contributed by atoms with Crippen LogP contribution in [-0.4, -0.2) is 16.2 Å². The van der Waals surface area contributed by atoms with Gasteiger partial charge in [0.05, 0.1) is 12.2 Å². The summed E-state index contributed by atoms with van der Waals surface area (Å²) < 4.78 is 10.6. The van der Waals surface area contributed by atoms with Gasteiger partial charge in [-0.15, -0.1) is 0 Å². The number of hydrogen-bond acceptors (Lipinski definition) is 5. The third-order valence-corrected chi connectivity index (χ3v) is 3.57. The molecule has 18 heavy (non-hydrogen) atoms. The smallest absolute Gasteiger partial charge is 0.238 e. The Kier molecular flexibility index (Phi) is 3.15. The molecule has 2 heterocycles. The van der Waals surface area contributed by atoms with E-state index in [9.17, 15) is 0 Å². The maximum Gasteiger partial charge on any atom is 0.238 e. The van der Waals surface area contributed by atoms with Crippen molar-refractivity contribution < 1.29 is 8.94 Å². The van der Waals surface area contributed by atoms with E-state index in [2.05, 4.69) is 10.1 Å². The second-order valence-electron chi connectivity index (χ2n) is 4.84. The maximum atomic E-state index is 6.19. The normalized spacial score (nSPS) is 24.9. The number of rotatable bonds is 2. The largest absolute Gasteiger partial charge is 0.461 e. The zero-order valence-corrected chi connectivity index (χ0v) is 10.2. The van der Waals surface area contributed by atoms with Crippen LogP contribution in [0.25, 0.3) is 11.6 Å². The van der Waals surface area contributed by atoms with Gasteiger partial charge < -0.3 is 14.7 Å². The molecule has 0 bridgehead atoms. The Morgan fingerprint density at radius 3 is 2.94 bits per heavy atom. The minimum atomic E-state index is 0.123. The van der Waals surface area contributed by atoms with Gasteiger partial charge in [-0.25, -0.2) is 0 Å². The van der Waals surface area contributed by atoms with Crippen LogP contribution in [0.1, 0.15) is 43.9 Å². The van der Waals surface area contributed by atoms with E-state index < -0.39 is 0 Å². The first-order chi connectivity index (χ1) is 8.84. The first kappa shape index (κ1) is 11.5. The molecule has 2 atom stereocenters. The lowest BCUT2D eigenvalue weighted by molar-refractivity contribution is 0.325. The van der Waals surface area contributed by atoms with E-state index in [4.69, 9.17) is 14.7 Å². The van der Waals surface area contributed by atoms with Crippen molar-refractivity contribution in [1.29, 1.82) is 0 Å². The predicted molar refractivity (Wildman–Crippen MR) is 65.8 cm³/mol. The van der Waals surface area contributed by atoms with Crippen LogP contribution in [0.4, 0.5) is 0 Å². The van der Waals surface area contributed by atoms with Crippen LogP contribution in [0.2, 0.25) is 0 Å². The minimum absolute atomic E-state index is 0.123. The van der Waals surface area contributed by atoms with Crippen molar-refractivity contribution in [1.82, 2.24) is 10.1 Å². The van der Waals surface area contributed by atoms with Crippen molar-refractivity contribution in [3.8, 4) is 11.6 Å². The summed E-state index contributed by atoms with van der Waals surface area (Å²) >= 11 is 0. The Labute approximate surface area is 105 Å². The molecule has 0 saturated heterocycles. The van der Waals surface area contributed by atoms with Crippen LogP contribution in [0.15, 0.2) is 27.3 Å². The number of furan rings is 1. The molecule has 0 spiro atoms. The first-order valence-corrected chi connectivity index (χ1v) is 6.47. The summed E-state index contributed by atoms with van der Waals surface area (Å²) in [5.74, 6) is 1.97. The highest BCUT2D eigenvalue weighted by molar-refractivity contribution is 5.44. The molecule has 1 fully saturated rings. The van der Waals surface area contributed by atoms with Gasteiger partial charge in [0.2, 0.25) is 11.7 Å². The van der Waals surface area contributed by atoms with E-state index in [0.717, 1.165) is 12.8 Å². The maximum absolute atomic E-state index is 6.19. The molecule has 96 valence electrons. The molecule has 5 heteroatoms. The number of hydrogen-bond donors (Lipinski definition) is 1. The van der Waals surface area contributed by atoms with Crippen LogP contribution in [0, 0.1) is 0 Å². The van der Waals surface area contributed by atoms with Crippen molar-refractivity contribution in [3.05, 3.63) is 24.3 Å². The highest BCUT2D eigenvalue weighted by Gasteiger charge is 2.27. The summed E-state index contributed by atoms with van der Waals surface area (Å²) in [7, 11) is 0. The zero-order chi connectivity index (χ0) is 12.4. The fourth-order valence-corrected chi connectivity index (χ4v) is 2.53. The predicted octanol–water partition coefficient (Wildman–Crippen LogP) is 2.70. The third kappa shape index (κ3) is 2.18. The summed E-state index contributed by atoms with van der Waals surface area (Å²) in [6.07, 6.45) is 7.27. The standard InChI is InChI=1S/C13H17N3O2/c14-10-6-3-1-2-5-9(10)13-15-12(16-18-13)11-7-4-8-17-11/h4,7-10H,1-3,5-6,14H2. The molecule has 1 saturated carbocycles. The topological polar surface area (TPSA) is 78.1 Å². The highest BCUT2D eigenvalue weighted by atomic mass is 16.5. The summed E-state index contributed by atoms with van der Waals surface area (Å²) in [5.41, 5.74) is 6.19. The minimum Gasteiger partial charge on any atom is -0.461 e. The summed E-state index contributed by atoms with van der Waals surface area (Å²) in [6, 6.07) is 3.75. The quantitative estimate of drug-likeness (QED) is 0.825. The number of nitrogens with zero attached hydrogens (tertiary/aromatic N) is 2. The molecule has 1 aliphatic carbocycles. The summed E-state index contributed by atoms with van der Waals surface area (Å²) in [5, 5.41) is 3.96. The highest BCUT2D eigenvalue weighted by Crippen LogP contribution is 2.31. The Morgan fingerprint density at radius 2 is 2.11 bits per heavy atom. The molecule has 0 amide bonds. The van der Waals surface area contributed by atoms with Gasteiger partial charge in [0.1, 0.15) is 0 Å². The molecule has 2 aromatic rings.